The summed E-state index contributed by atoms with van der Waals surface area (Å²) in [7, 11) is 0. The largest absolute Gasteiger partial charge is 0.465 e. The fourth-order valence-corrected chi connectivity index (χ4v) is 3.21. The summed E-state index contributed by atoms with van der Waals surface area (Å²) in [6.45, 7) is 5.19. The Morgan fingerprint density at radius 2 is 2.00 bits per heavy atom. The lowest BCUT2D eigenvalue weighted by Crippen LogP contribution is -2.18. The average molecular weight is 424 g/mol. The van der Waals surface area contributed by atoms with Crippen molar-refractivity contribution in [2.75, 3.05) is 5.32 Å². The van der Waals surface area contributed by atoms with Crippen molar-refractivity contribution >= 4 is 27.7 Å². The molecular formula is C18H16BrF2N3O2. The number of halogens is 3. The third-order valence-corrected chi connectivity index (χ3v) is 4.95. The second kappa shape index (κ2) is 7.03. The molecule has 0 aliphatic heterocycles. The number of aromatic nitrogens is 2. The smallest absolute Gasteiger partial charge is 0.261 e. The lowest BCUT2D eigenvalue weighted by molar-refractivity contribution is 0.102. The quantitative estimate of drug-likeness (QED) is 0.658. The Kier molecular flexibility index (Phi) is 4.95. The Bertz CT molecular complexity index is 995. The second-order valence-electron chi connectivity index (χ2n) is 5.93. The molecule has 8 heteroatoms. The normalized spacial score (nSPS) is 11.0. The first-order valence-corrected chi connectivity index (χ1v) is 8.60. The van der Waals surface area contributed by atoms with Crippen LogP contribution in [0.15, 0.2) is 33.3 Å². The number of amides is 1. The van der Waals surface area contributed by atoms with Crippen molar-refractivity contribution in [1.82, 2.24) is 9.78 Å². The van der Waals surface area contributed by atoms with Gasteiger partial charge in [-0.3, -0.25) is 4.79 Å². The molecular weight excluding hydrogens is 408 g/mol. The van der Waals surface area contributed by atoms with Gasteiger partial charge in [-0.25, -0.2) is 13.5 Å². The van der Waals surface area contributed by atoms with E-state index in [-0.39, 0.29) is 18.0 Å². The number of hydrogen-bond acceptors (Lipinski definition) is 3. The topological polar surface area (TPSA) is 60.1 Å². The van der Waals surface area contributed by atoms with Crippen LogP contribution in [0.1, 0.15) is 33.0 Å². The molecule has 0 aliphatic carbocycles. The number of hydrogen-bond donors (Lipinski definition) is 1. The summed E-state index contributed by atoms with van der Waals surface area (Å²) in [6, 6.07) is 3.23. The number of aryl methyl sites for hydroxylation is 3. The molecule has 2 heterocycles. The Hall–Kier alpha value is -2.48. The molecule has 1 aromatic carbocycles. The first-order valence-electron chi connectivity index (χ1n) is 7.81. The van der Waals surface area contributed by atoms with E-state index in [2.05, 4.69) is 26.3 Å². The molecule has 0 unspecified atom stereocenters. The number of rotatable bonds is 4. The third-order valence-electron chi connectivity index (χ3n) is 4.00. The summed E-state index contributed by atoms with van der Waals surface area (Å²) in [6.07, 6.45) is 1.55. The molecule has 3 aromatic rings. The number of anilines is 1. The molecule has 0 aliphatic rings. The molecule has 0 spiro atoms. The zero-order chi connectivity index (χ0) is 19.0. The van der Waals surface area contributed by atoms with E-state index in [4.69, 9.17) is 4.42 Å². The summed E-state index contributed by atoms with van der Waals surface area (Å²) in [5.41, 5.74) is 1.22. The van der Waals surface area contributed by atoms with Crippen LogP contribution in [0.2, 0.25) is 0 Å². The van der Waals surface area contributed by atoms with E-state index in [0.717, 1.165) is 18.2 Å². The van der Waals surface area contributed by atoms with Gasteiger partial charge in [0.15, 0.2) is 0 Å². The maximum Gasteiger partial charge on any atom is 0.261 e. The molecule has 0 bridgehead atoms. The molecule has 0 saturated heterocycles. The van der Waals surface area contributed by atoms with Crippen LogP contribution in [-0.4, -0.2) is 15.7 Å². The number of carbonyl (C=O) groups excluding carboxylic acids is 1. The Morgan fingerprint density at radius 1 is 1.27 bits per heavy atom. The van der Waals surface area contributed by atoms with Crippen LogP contribution in [-0.2, 0) is 6.54 Å². The van der Waals surface area contributed by atoms with Crippen molar-refractivity contribution < 1.29 is 18.0 Å². The predicted octanol–water partition coefficient (Wildman–Crippen LogP) is 4.74. The van der Waals surface area contributed by atoms with Crippen molar-refractivity contribution in [2.24, 2.45) is 0 Å². The van der Waals surface area contributed by atoms with E-state index in [1.165, 1.54) is 4.68 Å². The van der Waals surface area contributed by atoms with Crippen molar-refractivity contribution in [2.45, 2.75) is 27.3 Å². The number of furan rings is 1. The number of nitrogens with zero attached hydrogens (tertiary/aromatic N) is 2. The van der Waals surface area contributed by atoms with Gasteiger partial charge in [0.25, 0.3) is 5.91 Å². The van der Waals surface area contributed by atoms with E-state index < -0.39 is 11.6 Å². The van der Waals surface area contributed by atoms with Crippen LogP contribution in [0.25, 0.3) is 0 Å². The van der Waals surface area contributed by atoms with E-state index in [9.17, 15) is 13.6 Å². The molecule has 3 rings (SSSR count). The Morgan fingerprint density at radius 3 is 2.65 bits per heavy atom. The summed E-state index contributed by atoms with van der Waals surface area (Å²) >= 11 is 3.35. The Labute approximate surface area is 157 Å². The number of benzene rings is 1. The first kappa shape index (κ1) is 18.3. The van der Waals surface area contributed by atoms with Gasteiger partial charge in [0.1, 0.15) is 29.0 Å². The molecule has 1 N–H and O–H groups in total. The highest BCUT2D eigenvalue weighted by molar-refractivity contribution is 9.10. The van der Waals surface area contributed by atoms with Crippen LogP contribution >= 0.6 is 15.9 Å². The number of carbonyl (C=O) groups is 1. The molecule has 2 aromatic heterocycles. The monoisotopic (exact) mass is 423 g/mol. The predicted molar refractivity (Wildman–Crippen MR) is 96.3 cm³/mol. The number of nitrogens with one attached hydrogen (secondary N) is 1. The fraction of sp³-hybridized carbons (Fsp3) is 0.222. The maximum atomic E-state index is 13.9. The summed E-state index contributed by atoms with van der Waals surface area (Å²) < 4.78 is 34.8. The molecule has 136 valence electrons. The fourth-order valence-electron chi connectivity index (χ4n) is 2.67. The van der Waals surface area contributed by atoms with E-state index >= 15 is 0 Å². The highest BCUT2D eigenvalue weighted by Gasteiger charge is 2.22. The first-order chi connectivity index (χ1) is 12.3. The minimum atomic E-state index is -0.541. The second-order valence-corrected chi connectivity index (χ2v) is 6.72. The molecule has 1 amide bonds. The molecule has 5 nitrogen and oxygen atoms in total. The van der Waals surface area contributed by atoms with E-state index in [0.29, 0.717) is 32.9 Å². The highest BCUT2D eigenvalue weighted by atomic mass is 79.9. The van der Waals surface area contributed by atoms with Gasteiger partial charge in [0, 0.05) is 11.1 Å². The van der Waals surface area contributed by atoms with Gasteiger partial charge in [-0.1, -0.05) is 0 Å². The lowest BCUT2D eigenvalue weighted by atomic mass is 10.2. The van der Waals surface area contributed by atoms with Crippen molar-refractivity contribution in [3.8, 4) is 0 Å². The molecule has 0 saturated carbocycles. The zero-order valence-electron chi connectivity index (χ0n) is 14.4. The minimum absolute atomic E-state index is 0.0163. The standard InChI is InChI=1S/C18H16BrF2N3O2/c1-9-7-22-24(8-12-6-13(20)4-5-14(12)21)17(9)23-18(25)15-10(2)26-11(3)16(15)19/h4-7H,8H2,1-3H3,(H,23,25). The van der Waals surface area contributed by atoms with Crippen LogP contribution in [0.3, 0.4) is 0 Å². The van der Waals surface area contributed by atoms with Crippen LogP contribution in [0, 0.1) is 32.4 Å². The van der Waals surface area contributed by atoms with Gasteiger partial charge in [-0.2, -0.15) is 5.10 Å². The van der Waals surface area contributed by atoms with Gasteiger partial charge in [-0.05, 0) is 54.9 Å². The van der Waals surface area contributed by atoms with E-state index in [1.54, 1.807) is 27.0 Å². The van der Waals surface area contributed by atoms with Crippen molar-refractivity contribution in [3.63, 3.8) is 0 Å². The summed E-state index contributed by atoms with van der Waals surface area (Å²) in [4.78, 5) is 12.7. The Balaban J connectivity index is 1.91. The maximum absolute atomic E-state index is 13.9. The third kappa shape index (κ3) is 3.41. The van der Waals surface area contributed by atoms with Gasteiger partial charge in [-0.15, -0.1) is 0 Å². The van der Waals surface area contributed by atoms with Gasteiger partial charge in [0.2, 0.25) is 0 Å². The van der Waals surface area contributed by atoms with Crippen molar-refractivity contribution in [1.29, 1.82) is 0 Å². The van der Waals surface area contributed by atoms with Crippen LogP contribution < -0.4 is 5.32 Å². The minimum Gasteiger partial charge on any atom is -0.465 e. The lowest BCUT2D eigenvalue weighted by Gasteiger charge is -2.11. The summed E-state index contributed by atoms with van der Waals surface area (Å²) in [5.74, 6) is 0.0243. The molecule has 26 heavy (non-hydrogen) atoms. The van der Waals surface area contributed by atoms with Gasteiger partial charge in [0.05, 0.1) is 22.8 Å². The highest BCUT2D eigenvalue weighted by Crippen LogP contribution is 2.28. The van der Waals surface area contributed by atoms with Crippen LogP contribution in [0.5, 0.6) is 0 Å². The van der Waals surface area contributed by atoms with Crippen molar-refractivity contribution in [3.05, 3.63) is 68.7 Å². The summed E-state index contributed by atoms with van der Waals surface area (Å²) in [5, 5.41) is 6.94. The average Bonchev–Trinajstić information content (AvgIpc) is 3.03. The SMILES string of the molecule is Cc1cnn(Cc2cc(F)ccc2F)c1NC(=O)c1c(C)oc(C)c1Br. The molecule has 0 fully saturated rings. The van der Waals surface area contributed by atoms with E-state index in [1.807, 2.05) is 0 Å². The van der Waals surface area contributed by atoms with Gasteiger partial charge >= 0.3 is 0 Å². The molecule has 0 radical (unpaired) electrons. The van der Waals surface area contributed by atoms with Gasteiger partial charge < -0.3 is 9.73 Å². The van der Waals surface area contributed by atoms with Crippen LogP contribution in [0.4, 0.5) is 14.6 Å². The zero-order valence-corrected chi connectivity index (χ0v) is 15.9. The molecule has 0 atom stereocenters.